The third-order valence-electron chi connectivity index (χ3n) is 4.02. The summed E-state index contributed by atoms with van der Waals surface area (Å²) in [6.07, 6.45) is 0.902. The number of hydrogen-bond acceptors (Lipinski definition) is 4. The van der Waals surface area contributed by atoms with Gasteiger partial charge in [0.15, 0.2) is 4.80 Å². The molecule has 1 heterocycles. The van der Waals surface area contributed by atoms with Gasteiger partial charge in [-0.2, -0.15) is 4.99 Å². The minimum absolute atomic E-state index is 0.000963. The highest BCUT2D eigenvalue weighted by Gasteiger charge is 2.13. The van der Waals surface area contributed by atoms with E-state index in [4.69, 9.17) is 16.3 Å². The molecule has 0 N–H and O–H groups in total. The second kappa shape index (κ2) is 8.50. The van der Waals surface area contributed by atoms with Crippen molar-refractivity contribution in [2.45, 2.75) is 26.8 Å². The highest BCUT2D eigenvalue weighted by Crippen LogP contribution is 2.20. The summed E-state index contributed by atoms with van der Waals surface area (Å²) < 4.78 is 7.76. The Hall–Kier alpha value is -2.44. The van der Waals surface area contributed by atoms with Gasteiger partial charge < -0.3 is 9.30 Å². The first kappa shape index (κ1) is 19.3. The molecular weight excluding hydrogens is 384 g/mol. The lowest BCUT2D eigenvalue weighted by Crippen LogP contribution is -2.23. The zero-order valence-corrected chi connectivity index (χ0v) is 16.6. The quantitative estimate of drug-likeness (QED) is 0.600. The van der Waals surface area contributed by atoms with Gasteiger partial charge in [-0.25, -0.2) is 0 Å². The Morgan fingerprint density at radius 3 is 2.70 bits per heavy atom. The molecule has 0 fully saturated rings. The molecule has 0 aliphatic rings. The molecule has 0 unspecified atom stereocenters. The number of hydrogen-bond donors (Lipinski definition) is 0. The second-order valence-electron chi connectivity index (χ2n) is 5.86. The Balaban J connectivity index is 2.11. The number of esters is 1. The summed E-state index contributed by atoms with van der Waals surface area (Å²) in [6.45, 7) is 4.14. The van der Waals surface area contributed by atoms with Crippen LogP contribution in [0.2, 0.25) is 5.02 Å². The standard InChI is InChI=1S/C20H19ClN2O3S/c1-3-13-8-9-16-17(10-13)27-20(23(16)12-18(24)26-4-2)22-19(25)14-6-5-7-15(21)11-14/h5-11H,3-4,12H2,1-2H3. The average molecular weight is 403 g/mol. The Morgan fingerprint density at radius 2 is 2.00 bits per heavy atom. The molecular formula is C20H19ClN2O3S. The third kappa shape index (κ3) is 4.46. The zero-order chi connectivity index (χ0) is 19.4. The van der Waals surface area contributed by atoms with E-state index in [1.165, 1.54) is 16.9 Å². The van der Waals surface area contributed by atoms with Crippen LogP contribution in [0.25, 0.3) is 10.2 Å². The van der Waals surface area contributed by atoms with Gasteiger partial charge in [0.1, 0.15) is 6.54 Å². The molecule has 140 valence electrons. The smallest absolute Gasteiger partial charge is 0.326 e. The van der Waals surface area contributed by atoms with Crippen LogP contribution < -0.4 is 4.80 Å². The Morgan fingerprint density at radius 1 is 1.19 bits per heavy atom. The first-order valence-electron chi connectivity index (χ1n) is 8.64. The van der Waals surface area contributed by atoms with Crippen LogP contribution in [0.15, 0.2) is 47.5 Å². The molecule has 0 atom stereocenters. The summed E-state index contributed by atoms with van der Waals surface area (Å²) in [6, 6.07) is 12.7. The molecule has 0 radical (unpaired) electrons. The van der Waals surface area contributed by atoms with Gasteiger partial charge in [0.2, 0.25) is 0 Å². The van der Waals surface area contributed by atoms with Gasteiger partial charge in [-0.15, -0.1) is 0 Å². The Labute approximate surface area is 165 Å². The molecule has 0 spiro atoms. The van der Waals surface area contributed by atoms with Crippen LogP contribution in [0.1, 0.15) is 29.8 Å². The number of rotatable bonds is 5. The molecule has 1 amide bonds. The highest BCUT2D eigenvalue weighted by molar-refractivity contribution is 7.16. The van der Waals surface area contributed by atoms with Gasteiger partial charge in [0.05, 0.1) is 16.8 Å². The average Bonchev–Trinajstić information content (AvgIpc) is 2.98. The lowest BCUT2D eigenvalue weighted by atomic mass is 10.2. The summed E-state index contributed by atoms with van der Waals surface area (Å²) in [5, 5.41) is 0.472. The lowest BCUT2D eigenvalue weighted by molar-refractivity contribution is -0.143. The van der Waals surface area contributed by atoms with Crippen LogP contribution in [0.5, 0.6) is 0 Å². The van der Waals surface area contributed by atoms with Crippen molar-refractivity contribution >= 4 is 45.0 Å². The molecule has 0 aliphatic heterocycles. The molecule has 27 heavy (non-hydrogen) atoms. The van der Waals surface area contributed by atoms with Gasteiger partial charge in [-0.05, 0) is 49.2 Å². The number of aryl methyl sites for hydroxylation is 1. The minimum Gasteiger partial charge on any atom is -0.465 e. The van der Waals surface area contributed by atoms with E-state index in [9.17, 15) is 9.59 Å². The van der Waals surface area contributed by atoms with E-state index >= 15 is 0 Å². The predicted molar refractivity (Wildman–Crippen MR) is 107 cm³/mol. The molecule has 3 aromatic rings. The third-order valence-corrected chi connectivity index (χ3v) is 5.29. The first-order valence-corrected chi connectivity index (χ1v) is 9.83. The molecule has 0 saturated carbocycles. The van der Waals surface area contributed by atoms with Crippen molar-refractivity contribution in [1.82, 2.24) is 4.57 Å². The number of nitrogens with zero attached hydrogens (tertiary/aromatic N) is 2. The van der Waals surface area contributed by atoms with Crippen molar-refractivity contribution in [2.75, 3.05) is 6.61 Å². The van der Waals surface area contributed by atoms with Crippen LogP contribution in [0, 0.1) is 0 Å². The number of carbonyl (C=O) groups is 2. The van der Waals surface area contributed by atoms with E-state index in [0.717, 1.165) is 16.6 Å². The van der Waals surface area contributed by atoms with Crippen molar-refractivity contribution in [3.63, 3.8) is 0 Å². The number of benzene rings is 2. The fourth-order valence-electron chi connectivity index (χ4n) is 2.68. The molecule has 7 heteroatoms. The molecule has 0 saturated heterocycles. The number of amides is 1. The molecule has 5 nitrogen and oxygen atoms in total. The van der Waals surface area contributed by atoms with Crippen LogP contribution in [-0.2, 0) is 22.5 Å². The van der Waals surface area contributed by atoms with Gasteiger partial charge >= 0.3 is 5.97 Å². The topological polar surface area (TPSA) is 60.7 Å². The van der Waals surface area contributed by atoms with Gasteiger partial charge in [0, 0.05) is 10.6 Å². The Bertz CT molecular complexity index is 1070. The fraction of sp³-hybridized carbons (Fsp3) is 0.250. The number of fused-ring (bicyclic) bond motifs is 1. The lowest BCUT2D eigenvalue weighted by Gasteiger charge is -2.05. The SMILES string of the molecule is CCOC(=O)Cn1c(=NC(=O)c2cccc(Cl)c2)sc2cc(CC)ccc21. The normalized spacial score (nSPS) is 11.7. The molecule has 0 bridgehead atoms. The number of carbonyl (C=O) groups excluding carboxylic acids is 2. The molecule has 1 aromatic heterocycles. The number of ether oxygens (including phenoxy) is 1. The van der Waals surface area contributed by atoms with E-state index in [2.05, 4.69) is 18.0 Å². The number of thiazole rings is 1. The van der Waals surface area contributed by atoms with Crippen molar-refractivity contribution in [3.8, 4) is 0 Å². The minimum atomic E-state index is -0.405. The van der Waals surface area contributed by atoms with Crippen LogP contribution in [0.3, 0.4) is 0 Å². The maximum Gasteiger partial charge on any atom is 0.326 e. The Kier molecular flexibility index (Phi) is 6.08. The zero-order valence-electron chi connectivity index (χ0n) is 15.1. The fourth-order valence-corrected chi connectivity index (χ4v) is 3.97. The molecule has 2 aromatic carbocycles. The first-order chi connectivity index (χ1) is 13.0. The number of halogens is 1. The summed E-state index contributed by atoms with van der Waals surface area (Å²) in [4.78, 5) is 29.3. The van der Waals surface area contributed by atoms with Crippen LogP contribution in [0.4, 0.5) is 0 Å². The summed E-state index contributed by atoms with van der Waals surface area (Å²) >= 11 is 7.34. The maximum atomic E-state index is 12.6. The summed E-state index contributed by atoms with van der Waals surface area (Å²) in [5.74, 6) is -0.772. The van der Waals surface area contributed by atoms with Crippen molar-refractivity contribution in [2.24, 2.45) is 4.99 Å². The van der Waals surface area contributed by atoms with Crippen molar-refractivity contribution in [3.05, 3.63) is 63.4 Å². The van der Waals surface area contributed by atoms with Crippen molar-refractivity contribution < 1.29 is 14.3 Å². The van der Waals surface area contributed by atoms with E-state index in [1.807, 2.05) is 12.1 Å². The van der Waals surface area contributed by atoms with Crippen LogP contribution in [-0.4, -0.2) is 23.1 Å². The number of aromatic nitrogens is 1. The van der Waals surface area contributed by atoms with Crippen LogP contribution >= 0.6 is 22.9 Å². The van der Waals surface area contributed by atoms with E-state index < -0.39 is 5.91 Å². The van der Waals surface area contributed by atoms with Gasteiger partial charge in [0.25, 0.3) is 5.91 Å². The summed E-state index contributed by atoms with van der Waals surface area (Å²) in [7, 11) is 0. The summed E-state index contributed by atoms with van der Waals surface area (Å²) in [5.41, 5.74) is 2.43. The molecule has 3 rings (SSSR count). The second-order valence-corrected chi connectivity index (χ2v) is 7.30. The maximum absolute atomic E-state index is 12.6. The largest absolute Gasteiger partial charge is 0.465 e. The van der Waals surface area contributed by atoms with E-state index in [1.54, 1.807) is 35.8 Å². The van der Waals surface area contributed by atoms with E-state index in [-0.39, 0.29) is 12.5 Å². The monoisotopic (exact) mass is 402 g/mol. The van der Waals surface area contributed by atoms with Gasteiger partial charge in [-0.3, -0.25) is 9.59 Å². The predicted octanol–water partition coefficient (Wildman–Crippen LogP) is 4.22. The van der Waals surface area contributed by atoms with Gasteiger partial charge in [-0.1, -0.05) is 42.0 Å². The molecule has 0 aliphatic carbocycles. The van der Waals surface area contributed by atoms with Crippen molar-refractivity contribution in [1.29, 1.82) is 0 Å². The van der Waals surface area contributed by atoms with E-state index in [0.29, 0.717) is 22.0 Å². The highest BCUT2D eigenvalue weighted by atomic mass is 35.5.